The molecule has 1 aliphatic carbocycles. The molecule has 0 N–H and O–H groups in total. The van der Waals surface area contributed by atoms with Gasteiger partial charge in [0.1, 0.15) is 5.75 Å². The SMILES string of the molecule is COc1ccc(C(=O)C2CC2)c(C(F)(F)F)c1. The molecule has 1 aromatic rings. The van der Waals surface area contributed by atoms with E-state index in [1.54, 1.807) is 0 Å². The van der Waals surface area contributed by atoms with E-state index in [-0.39, 0.29) is 17.2 Å². The fraction of sp³-hybridized carbons (Fsp3) is 0.417. The molecule has 0 amide bonds. The highest BCUT2D eigenvalue weighted by atomic mass is 19.4. The van der Waals surface area contributed by atoms with Gasteiger partial charge in [-0.2, -0.15) is 13.2 Å². The molecule has 0 atom stereocenters. The second-order valence-corrected chi connectivity index (χ2v) is 4.05. The molecule has 0 aliphatic heterocycles. The topological polar surface area (TPSA) is 26.3 Å². The Morgan fingerprint density at radius 1 is 1.35 bits per heavy atom. The maximum atomic E-state index is 12.8. The molecule has 0 heterocycles. The van der Waals surface area contributed by atoms with Crippen LogP contribution in [0.5, 0.6) is 5.75 Å². The van der Waals surface area contributed by atoms with Gasteiger partial charge >= 0.3 is 6.18 Å². The van der Waals surface area contributed by atoms with Crippen molar-refractivity contribution >= 4 is 5.78 Å². The number of alkyl halides is 3. The van der Waals surface area contributed by atoms with Crippen LogP contribution in [0.1, 0.15) is 28.8 Å². The summed E-state index contributed by atoms with van der Waals surface area (Å²) in [7, 11) is 1.29. The van der Waals surface area contributed by atoms with Gasteiger partial charge in [-0.1, -0.05) is 0 Å². The Hall–Kier alpha value is -1.52. The Balaban J connectivity index is 2.46. The lowest BCUT2D eigenvalue weighted by molar-refractivity contribution is -0.138. The molecular formula is C12H11F3O2. The molecule has 5 heteroatoms. The van der Waals surface area contributed by atoms with Crippen molar-refractivity contribution in [2.45, 2.75) is 19.0 Å². The zero-order chi connectivity index (χ0) is 12.6. The molecule has 1 aliphatic rings. The van der Waals surface area contributed by atoms with Gasteiger partial charge in [-0.15, -0.1) is 0 Å². The van der Waals surface area contributed by atoms with E-state index in [1.807, 2.05) is 0 Å². The van der Waals surface area contributed by atoms with Gasteiger partial charge in [0, 0.05) is 11.5 Å². The van der Waals surface area contributed by atoms with Crippen LogP contribution >= 0.6 is 0 Å². The summed E-state index contributed by atoms with van der Waals surface area (Å²) < 4.78 is 43.2. The molecule has 0 spiro atoms. The van der Waals surface area contributed by atoms with Crippen LogP contribution in [0.25, 0.3) is 0 Å². The third-order valence-electron chi connectivity index (χ3n) is 2.75. The number of methoxy groups -OCH3 is 1. The lowest BCUT2D eigenvalue weighted by Gasteiger charge is -2.13. The number of hydrogen-bond acceptors (Lipinski definition) is 2. The molecule has 0 aromatic heterocycles. The standard InChI is InChI=1S/C12H11F3O2/c1-17-8-4-5-9(11(16)7-2-3-7)10(6-8)12(13,14)15/h4-7H,2-3H2,1H3. The van der Waals surface area contributed by atoms with Crippen molar-refractivity contribution in [1.29, 1.82) is 0 Å². The second kappa shape index (κ2) is 4.05. The lowest BCUT2D eigenvalue weighted by Crippen LogP contribution is -2.14. The first-order chi connectivity index (χ1) is 7.93. The predicted molar refractivity (Wildman–Crippen MR) is 55.1 cm³/mol. The number of rotatable bonds is 3. The van der Waals surface area contributed by atoms with Crippen LogP contribution in [0.15, 0.2) is 18.2 Å². The van der Waals surface area contributed by atoms with Crippen LogP contribution < -0.4 is 4.74 Å². The Morgan fingerprint density at radius 3 is 2.47 bits per heavy atom. The average Bonchev–Trinajstić information content (AvgIpc) is 3.10. The summed E-state index contributed by atoms with van der Waals surface area (Å²) >= 11 is 0. The molecule has 2 rings (SSSR count). The number of benzene rings is 1. The molecule has 2 nitrogen and oxygen atoms in total. The van der Waals surface area contributed by atoms with Gasteiger partial charge in [-0.25, -0.2) is 0 Å². The summed E-state index contributed by atoms with van der Waals surface area (Å²) in [6.45, 7) is 0. The van der Waals surface area contributed by atoms with Gasteiger partial charge < -0.3 is 4.74 Å². The smallest absolute Gasteiger partial charge is 0.417 e. The largest absolute Gasteiger partial charge is 0.497 e. The van der Waals surface area contributed by atoms with Crippen LogP contribution in [0.2, 0.25) is 0 Å². The number of hydrogen-bond donors (Lipinski definition) is 0. The van der Waals surface area contributed by atoms with Gasteiger partial charge in [0.25, 0.3) is 0 Å². The van der Waals surface area contributed by atoms with Crippen LogP contribution in [0.4, 0.5) is 13.2 Å². The Morgan fingerprint density at radius 2 is 2.00 bits per heavy atom. The fourth-order valence-electron chi connectivity index (χ4n) is 1.67. The Bertz CT molecular complexity index is 448. The monoisotopic (exact) mass is 244 g/mol. The molecule has 92 valence electrons. The normalized spacial score (nSPS) is 15.8. The molecule has 1 fully saturated rings. The number of carbonyl (C=O) groups excluding carboxylic acids is 1. The maximum absolute atomic E-state index is 12.8. The minimum Gasteiger partial charge on any atom is -0.497 e. The van der Waals surface area contributed by atoms with E-state index >= 15 is 0 Å². The number of halogens is 3. The summed E-state index contributed by atoms with van der Waals surface area (Å²) in [6.07, 6.45) is -3.17. The zero-order valence-electron chi connectivity index (χ0n) is 9.17. The minimum absolute atomic E-state index is 0.102. The first kappa shape index (κ1) is 12.0. The summed E-state index contributed by atoms with van der Waals surface area (Å²) in [4.78, 5) is 11.7. The molecular weight excluding hydrogens is 233 g/mol. The molecule has 17 heavy (non-hydrogen) atoms. The van der Waals surface area contributed by atoms with Crippen molar-refractivity contribution in [3.63, 3.8) is 0 Å². The first-order valence-corrected chi connectivity index (χ1v) is 5.23. The van der Waals surface area contributed by atoms with E-state index in [4.69, 9.17) is 4.74 Å². The van der Waals surface area contributed by atoms with Crippen molar-refractivity contribution in [1.82, 2.24) is 0 Å². The van der Waals surface area contributed by atoms with Crippen molar-refractivity contribution < 1.29 is 22.7 Å². The third-order valence-corrected chi connectivity index (χ3v) is 2.75. The average molecular weight is 244 g/mol. The number of carbonyl (C=O) groups is 1. The Kier molecular flexibility index (Phi) is 2.85. The molecule has 0 bridgehead atoms. The van der Waals surface area contributed by atoms with Gasteiger partial charge in [0.2, 0.25) is 0 Å². The maximum Gasteiger partial charge on any atom is 0.417 e. The van der Waals surface area contributed by atoms with Crippen molar-refractivity contribution in [3.05, 3.63) is 29.3 Å². The second-order valence-electron chi connectivity index (χ2n) is 4.05. The highest BCUT2D eigenvalue weighted by Gasteiger charge is 2.39. The summed E-state index contributed by atoms with van der Waals surface area (Å²) in [5, 5.41) is 0. The predicted octanol–water partition coefficient (Wildman–Crippen LogP) is 3.31. The van der Waals surface area contributed by atoms with Gasteiger partial charge in [-0.05, 0) is 31.0 Å². The molecule has 0 radical (unpaired) electrons. The number of ketones is 1. The lowest BCUT2D eigenvalue weighted by atomic mass is 10.00. The van der Waals surface area contributed by atoms with Crippen LogP contribution in [0, 0.1) is 5.92 Å². The number of Topliss-reactive ketones (excluding diaryl/α,β-unsaturated/α-hetero) is 1. The minimum atomic E-state index is -4.53. The summed E-state index contributed by atoms with van der Waals surface area (Å²) in [5.41, 5.74) is -1.16. The van der Waals surface area contributed by atoms with Crippen LogP contribution in [0.3, 0.4) is 0 Å². The van der Waals surface area contributed by atoms with Gasteiger partial charge in [0.05, 0.1) is 12.7 Å². The summed E-state index contributed by atoms with van der Waals surface area (Å²) in [6, 6.07) is 3.45. The zero-order valence-corrected chi connectivity index (χ0v) is 9.17. The quantitative estimate of drug-likeness (QED) is 0.762. The molecule has 0 unspecified atom stereocenters. The van der Waals surface area contributed by atoms with E-state index in [1.165, 1.54) is 19.2 Å². The van der Waals surface area contributed by atoms with Crippen molar-refractivity contribution in [2.75, 3.05) is 7.11 Å². The van der Waals surface area contributed by atoms with E-state index in [0.29, 0.717) is 12.8 Å². The van der Waals surface area contributed by atoms with Crippen molar-refractivity contribution in [3.8, 4) is 5.75 Å². The molecule has 1 saturated carbocycles. The summed E-state index contributed by atoms with van der Waals surface area (Å²) in [5.74, 6) is -0.547. The molecule has 1 aromatic carbocycles. The highest BCUT2D eigenvalue weighted by Crippen LogP contribution is 2.39. The van der Waals surface area contributed by atoms with Crippen LogP contribution in [-0.2, 0) is 6.18 Å². The van der Waals surface area contributed by atoms with E-state index < -0.39 is 17.5 Å². The van der Waals surface area contributed by atoms with E-state index in [2.05, 4.69) is 0 Å². The first-order valence-electron chi connectivity index (χ1n) is 5.23. The van der Waals surface area contributed by atoms with Crippen molar-refractivity contribution in [2.24, 2.45) is 5.92 Å². The highest BCUT2D eigenvalue weighted by molar-refractivity contribution is 6.00. The van der Waals surface area contributed by atoms with E-state index in [9.17, 15) is 18.0 Å². The van der Waals surface area contributed by atoms with E-state index in [0.717, 1.165) is 6.07 Å². The molecule has 0 saturated heterocycles. The third kappa shape index (κ3) is 2.43. The van der Waals surface area contributed by atoms with Crippen LogP contribution in [-0.4, -0.2) is 12.9 Å². The Labute approximate surface area is 96.4 Å². The fourth-order valence-corrected chi connectivity index (χ4v) is 1.67. The van der Waals surface area contributed by atoms with Gasteiger partial charge in [0.15, 0.2) is 5.78 Å². The van der Waals surface area contributed by atoms with Gasteiger partial charge in [-0.3, -0.25) is 4.79 Å². The number of ether oxygens (including phenoxy) is 1.